The van der Waals surface area contributed by atoms with Crippen molar-refractivity contribution in [3.05, 3.63) is 97.1 Å². The van der Waals surface area contributed by atoms with Crippen molar-refractivity contribution in [2.45, 2.75) is 6.92 Å². The van der Waals surface area contributed by atoms with E-state index >= 15 is 0 Å². The van der Waals surface area contributed by atoms with Gasteiger partial charge in [0.25, 0.3) is 0 Å². The largest absolute Gasteiger partial charge is 0.324 e. The first-order valence-corrected chi connectivity index (χ1v) is 16.6. The van der Waals surface area contributed by atoms with E-state index in [-0.39, 0.29) is 30.8 Å². The van der Waals surface area contributed by atoms with Crippen LogP contribution >= 0.6 is 0 Å². The van der Waals surface area contributed by atoms with Gasteiger partial charge in [0.05, 0.1) is 0 Å². The molecule has 0 amide bonds. The number of nitrogens with zero attached hydrogens (tertiary/aromatic N) is 6. The molecule has 2 aliphatic rings. The van der Waals surface area contributed by atoms with Gasteiger partial charge in [0.1, 0.15) is 22.6 Å². The quantitative estimate of drug-likeness (QED) is 0.199. The zero-order valence-electron chi connectivity index (χ0n) is 24.2. The molecule has 11 heteroatoms. The summed E-state index contributed by atoms with van der Waals surface area (Å²) in [5, 5.41) is 3.82. The van der Waals surface area contributed by atoms with Crippen LogP contribution in [0.4, 0.5) is 0 Å². The van der Waals surface area contributed by atoms with Crippen LogP contribution in [0.25, 0.3) is 89.7 Å². The fourth-order valence-electron chi connectivity index (χ4n) is 5.59. The minimum atomic E-state index is -0.152. The Bertz CT molecular complexity index is 2170. The molecule has 0 saturated carbocycles. The second-order valence-electron chi connectivity index (χ2n) is 10.5. The summed E-state index contributed by atoms with van der Waals surface area (Å²) >= 11 is 0.101. The monoisotopic (exact) mass is 690 g/mol. The Morgan fingerprint density at radius 1 is 0.489 bits per heavy atom. The minimum absolute atomic E-state index is 0.101. The summed E-state index contributed by atoms with van der Waals surface area (Å²) in [6, 6.07) is 32.2. The Labute approximate surface area is 270 Å². The number of carbonyl (C=O) groups is 1. The zero-order valence-corrected chi connectivity index (χ0v) is 29.9. The van der Waals surface area contributed by atoms with E-state index in [0.717, 1.165) is 43.8 Å². The average Bonchev–Trinajstić information content (AvgIpc) is 3.81. The average molecular weight is 690 g/mol. The predicted octanol–water partition coefficient (Wildman–Crippen LogP) is 5.97. The van der Waals surface area contributed by atoms with E-state index in [1.807, 2.05) is 97.1 Å². The van der Waals surface area contributed by atoms with Crippen molar-refractivity contribution in [2.24, 2.45) is 0 Å². The van der Waals surface area contributed by atoms with Crippen LogP contribution in [0.1, 0.15) is 6.92 Å². The topological polar surface area (TPSA) is 135 Å². The number of hydrogen-bond acceptors (Lipinski definition) is 8. The van der Waals surface area contributed by atoms with Gasteiger partial charge in [-0.15, -0.1) is 0 Å². The molecular formula is C34H23InN8O2. The third kappa shape index (κ3) is 4.72. The molecule has 0 aliphatic carbocycles. The Balaban J connectivity index is 0.000000560. The van der Waals surface area contributed by atoms with Crippen LogP contribution in [0, 0.1) is 0 Å². The van der Waals surface area contributed by atoms with Crippen molar-refractivity contribution in [2.75, 3.05) is 0 Å². The molecule has 9 rings (SSSR count). The van der Waals surface area contributed by atoms with Crippen molar-refractivity contribution < 1.29 is 7.65 Å². The molecule has 0 atom stereocenters. The molecule has 0 fully saturated rings. The normalized spacial score (nSPS) is 11.4. The third-order valence-electron chi connectivity index (χ3n) is 7.75. The van der Waals surface area contributed by atoms with Crippen LogP contribution in [-0.2, 0) is 7.65 Å². The Morgan fingerprint density at radius 2 is 0.733 bits per heavy atom. The summed E-state index contributed by atoms with van der Waals surface area (Å²) < 4.78 is 4.32. The third-order valence-corrected chi connectivity index (χ3v) is 9.39. The number of nitrogens with one attached hydrogen (secondary N) is 2. The molecule has 0 saturated heterocycles. The summed E-state index contributed by atoms with van der Waals surface area (Å²) in [5.74, 6) is 2.24. The van der Waals surface area contributed by atoms with Crippen molar-refractivity contribution >= 4 is 74.9 Å². The number of rotatable bonds is 0. The van der Waals surface area contributed by atoms with Crippen LogP contribution in [0.5, 0.6) is 0 Å². The molecule has 0 unspecified atom stereocenters. The Morgan fingerprint density at radius 3 is 0.978 bits per heavy atom. The second-order valence-corrected chi connectivity index (χ2v) is 11.7. The molecular weight excluding hydrogens is 667 g/mol. The SMILES string of the molecule is CC(=O)[O][InH2].c1ccc2c(c1)-c1nc-2nc2[nH]c(nc3nc(nc4[nH]c(n1)c1ccccc41)-c1ccccc1-3)c1ccccc21. The fourth-order valence-corrected chi connectivity index (χ4v) is 5.59. The molecule has 2 aliphatic heterocycles. The number of fused-ring (bicyclic) bond motifs is 20. The number of aromatic amines is 2. The van der Waals surface area contributed by atoms with Gasteiger partial charge in [-0.3, -0.25) is 0 Å². The zero-order chi connectivity index (χ0) is 30.5. The van der Waals surface area contributed by atoms with Crippen LogP contribution in [0.2, 0.25) is 0 Å². The summed E-state index contributed by atoms with van der Waals surface area (Å²) in [4.78, 5) is 46.4. The van der Waals surface area contributed by atoms with Gasteiger partial charge in [-0.1, -0.05) is 97.1 Å². The maximum absolute atomic E-state index is 9.64. The number of hydrogen-bond donors (Lipinski definition) is 2. The van der Waals surface area contributed by atoms with Crippen molar-refractivity contribution in [1.29, 1.82) is 0 Å². The van der Waals surface area contributed by atoms with Gasteiger partial charge >= 0.3 is 45.4 Å². The van der Waals surface area contributed by atoms with Crippen LogP contribution in [0.15, 0.2) is 97.1 Å². The van der Waals surface area contributed by atoms with Crippen molar-refractivity contribution in [3.63, 3.8) is 0 Å². The molecule has 214 valence electrons. The van der Waals surface area contributed by atoms with Gasteiger partial charge in [-0.05, 0) is 0 Å². The van der Waals surface area contributed by atoms with Crippen LogP contribution in [-0.4, -0.2) is 70.7 Å². The number of H-pyrrole nitrogens is 2. The summed E-state index contributed by atoms with van der Waals surface area (Å²) in [5.41, 5.74) is 6.45. The van der Waals surface area contributed by atoms with E-state index in [9.17, 15) is 4.79 Å². The van der Waals surface area contributed by atoms with E-state index in [1.54, 1.807) is 0 Å². The molecule has 5 heterocycles. The van der Waals surface area contributed by atoms with Crippen molar-refractivity contribution in [1.82, 2.24) is 39.9 Å². The molecule has 8 bridgehead atoms. The van der Waals surface area contributed by atoms with E-state index < -0.39 is 0 Å². The predicted molar refractivity (Wildman–Crippen MR) is 176 cm³/mol. The summed E-state index contributed by atoms with van der Waals surface area (Å²) in [6.45, 7) is 1.41. The minimum Gasteiger partial charge on any atom is -0.324 e. The molecule has 10 nitrogen and oxygen atoms in total. The van der Waals surface area contributed by atoms with Gasteiger partial charge in [-0.25, -0.2) is 29.9 Å². The molecule has 4 aromatic carbocycles. The summed E-state index contributed by atoms with van der Waals surface area (Å²) in [7, 11) is 0. The molecule has 7 aromatic rings. The van der Waals surface area contributed by atoms with Gasteiger partial charge in [0.2, 0.25) is 0 Å². The molecule has 2 N–H and O–H groups in total. The molecule has 0 spiro atoms. The second kappa shape index (κ2) is 10.9. The first kappa shape index (κ1) is 27.2. The number of aromatic nitrogens is 8. The molecule has 3 aromatic heterocycles. The first-order valence-electron chi connectivity index (χ1n) is 14.3. The maximum atomic E-state index is 9.64. The maximum Gasteiger partial charge on any atom is 0.164 e. The van der Waals surface area contributed by atoms with Gasteiger partial charge in [0.15, 0.2) is 23.3 Å². The van der Waals surface area contributed by atoms with E-state index in [0.29, 0.717) is 45.9 Å². The standard InChI is InChI=1S/C32H18N8.C2H4O2.In.2H/c1-2-10-18-17(9-1)25-33-26(18)38-28-21-13-5-6-14-22(21)30(35-28)40-32-24-16-8-7-15-23(24)31(36-32)39-29-20-12-4-3-11-19(20)27(34-29)37-25;1-2(3)4;;;/h1-16H,(H2,33,34,35,36,37,38,39,40);1H3,(H,3,4);;;/q;;+1;;/p-1. The Hall–Kier alpha value is -5.42. The smallest absolute Gasteiger partial charge is 0.164 e. The Kier molecular flexibility index (Phi) is 6.60. The van der Waals surface area contributed by atoms with Gasteiger partial charge in [-0.2, -0.15) is 0 Å². The van der Waals surface area contributed by atoms with Crippen molar-refractivity contribution in [3.8, 4) is 45.6 Å². The van der Waals surface area contributed by atoms with Crippen LogP contribution < -0.4 is 0 Å². The first-order chi connectivity index (χ1) is 22.1. The van der Waals surface area contributed by atoms with Gasteiger partial charge < -0.3 is 9.97 Å². The van der Waals surface area contributed by atoms with Crippen LogP contribution in [0.3, 0.4) is 0 Å². The molecule has 0 radical (unpaired) electrons. The summed E-state index contributed by atoms with van der Waals surface area (Å²) in [6.07, 6.45) is 0. The molecule has 45 heavy (non-hydrogen) atoms. The number of carbonyl (C=O) groups excluding carboxylic acids is 1. The van der Waals surface area contributed by atoms with Gasteiger partial charge in [0, 0.05) is 43.8 Å². The van der Waals surface area contributed by atoms with E-state index in [1.165, 1.54) is 6.92 Å². The van der Waals surface area contributed by atoms with E-state index in [2.05, 4.69) is 12.8 Å². The van der Waals surface area contributed by atoms with E-state index in [4.69, 9.17) is 29.9 Å². The number of benzene rings is 4. The fraction of sp³-hybridized carbons (Fsp3) is 0.0294.